The van der Waals surface area contributed by atoms with Gasteiger partial charge in [0.2, 0.25) is 0 Å². The maximum Gasteiger partial charge on any atom is 0.343 e. The van der Waals surface area contributed by atoms with Gasteiger partial charge in [-0.05, 0) is 144 Å². The second-order valence-corrected chi connectivity index (χ2v) is 15.5. The van der Waals surface area contributed by atoms with Crippen molar-refractivity contribution in [3.63, 3.8) is 0 Å². The molecule has 0 fully saturated rings. The van der Waals surface area contributed by atoms with E-state index in [0.29, 0.717) is 11.1 Å². The molecule has 0 atom stereocenters. The van der Waals surface area contributed by atoms with Crippen LogP contribution in [0.2, 0.25) is 0 Å². The lowest BCUT2D eigenvalue weighted by molar-refractivity contribution is 0.0723. The van der Waals surface area contributed by atoms with Crippen molar-refractivity contribution in [2.24, 2.45) is 0 Å². The first-order valence-electron chi connectivity index (χ1n) is 21.8. The predicted molar refractivity (Wildman–Crippen MR) is 249 cm³/mol. The van der Waals surface area contributed by atoms with E-state index in [0.717, 1.165) is 35.1 Å². The maximum atomic E-state index is 13.0. The van der Waals surface area contributed by atoms with E-state index in [9.17, 15) is 19.2 Å². The van der Waals surface area contributed by atoms with Gasteiger partial charge in [-0.3, -0.25) is 0 Å². The van der Waals surface area contributed by atoms with Crippen molar-refractivity contribution < 1.29 is 38.1 Å². The van der Waals surface area contributed by atoms with E-state index in [1.54, 1.807) is 42.5 Å². The Morgan fingerprint density at radius 3 is 0.922 bits per heavy atom. The zero-order chi connectivity index (χ0) is 44.7. The summed E-state index contributed by atoms with van der Waals surface area (Å²) < 4.78 is 22.2. The molecule has 7 aromatic rings. The van der Waals surface area contributed by atoms with Gasteiger partial charge < -0.3 is 18.9 Å². The van der Waals surface area contributed by atoms with Crippen LogP contribution in [0.5, 0.6) is 23.0 Å². The van der Waals surface area contributed by atoms with Crippen LogP contribution in [0.4, 0.5) is 0 Å². The number of hydrogen-bond donors (Lipinski definition) is 0. The second-order valence-electron chi connectivity index (χ2n) is 15.5. The molecule has 0 heterocycles. The fraction of sp³-hybridized carbons (Fsp3) is 0.179. The quantitative estimate of drug-likeness (QED) is 0.0477. The van der Waals surface area contributed by atoms with Gasteiger partial charge in [0.1, 0.15) is 23.0 Å². The van der Waals surface area contributed by atoms with Crippen molar-refractivity contribution in [3.8, 4) is 45.3 Å². The van der Waals surface area contributed by atoms with E-state index >= 15 is 0 Å². The summed E-state index contributed by atoms with van der Waals surface area (Å²) in [6, 6.07) is 49.7. The molecule has 0 saturated carbocycles. The summed E-state index contributed by atoms with van der Waals surface area (Å²) in [7, 11) is 0. The minimum absolute atomic E-state index is 0.156. The fourth-order valence-corrected chi connectivity index (χ4v) is 7.07. The van der Waals surface area contributed by atoms with Gasteiger partial charge in [-0.25, -0.2) is 19.2 Å². The van der Waals surface area contributed by atoms with Crippen molar-refractivity contribution in [2.75, 3.05) is 0 Å². The van der Waals surface area contributed by atoms with E-state index in [-0.39, 0.29) is 34.1 Å². The Morgan fingerprint density at radius 1 is 0.328 bits per heavy atom. The third kappa shape index (κ3) is 12.3. The van der Waals surface area contributed by atoms with Gasteiger partial charge in [-0.2, -0.15) is 0 Å². The Hall–Kier alpha value is -7.58. The van der Waals surface area contributed by atoms with Crippen molar-refractivity contribution in [3.05, 3.63) is 203 Å². The average Bonchev–Trinajstić information content (AvgIpc) is 3.33. The van der Waals surface area contributed by atoms with Crippen LogP contribution >= 0.6 is 0 Å². The molecule has 7 aromatic carbocycles. The summed E-state index contributed by atoms with van der Waals surface area (Å²) >= 11 is 0. The average molecular weight is 851 g/mol. The maximum absolute atomic E-state index is 13.0. The molecule has 0 aliphatic carbocycles. The van der Waals surface area contributed by atoms with Crippen molar-refractivity contribution in [1.82, 2.24) is 0 Å². The molecule has 0 bridgehead atoms. The first-order valence-corrected chi connectivity index (χ1v) is 21.8. The van der Waals surface area contributed by atoms with Crippen LogP contribution in [0.3, 0.4) is 0 Å². The number of benzene rings is 7. The lowest BCUT2D eigenvalue weighted by Gasteiger charge is -2.09. The van der Waals surface area contributed by atoms with E-state index in [1.807, 2.05) is 24.3 Å². The highest BCUT2D eigenvalue weighted by Gasteiger charge is 2.16. The van der Waals surface area contributed by atoms with Crippen LogP contribution in [0, 0.1) is 0 Å². The number of rotatable bonds is 18. The third-order valence-electron chi connectivity index (χ3n) is 10.8. The molecule has 0 aliphatic rings. The summed E-state index contributed by atoms with van der Waals surface area (Å²) in [5.41, 5.74) is 8.03. The molecule has 0 spiro atoms. The number of hydrogen-bond acceptors (Lipinski definition) is 8. The van der Waals surface area contributed by atoms with Gasteiger partial charge in [0.15, 0.2) is 0 Å². The van der Waals surface area contributed by atoms with Crippen LogP contribution in [-0.2, 0) is 12.8 Å². The zero-order valence-electron chi connectivity index (χ0n) is 36.1. The highest BCUT2D eigenvalue weighted by molar-refractivity contribution is 5.94. The Bertz CT molecular complexity index is 2460. The van der Waals surface area contributed by atoms with Gasteiger partial charge in [0, 0.05) is 6.07 Å². The van der Waals surface area contributed by atoms with Gasteiger partial charge in [-0.1, -0.05) is 118 Å². The summed E-state index contributed by atoms with van der Waals surface area (Å²) in [6.07, 6.45) is 9.36. The molecule has 0 aromatic heterocycles. The standard InChI is InChI=1S/C56H50O8/c1-3-5-7-10-39-14-18-41(19-15-39)43-22-26-45(27-23-43)53(57)61-49-34-30-47(31-35-49)55(59)63-51-12-9-13-52(38-51)64-56(60)48-32-36-50(37-33-48)62-54(58)46-28-24-44(25-29-46)42-20-16-40(17-21-42)11-8-6-4-2/h9,12-38H,3-8,10-11H2,1-2H3. The zero-order valence-corrected chi connectivity index (χ0v) is 36.1. The number of carbonyl (C=O) groups is 4. The Balaban J connectivity index is 0.865. The van der Waals surface area contributed by atoms with E-state index in [1.165, 1.54) is 104 Å². The molecule has 0 unspecified atom stereocenters. The molecule has 7 rings (SSSR count). The first kappa shape index (κ1) is 44.5. The van der Waals surface area contributed by atoms with Gasteiger partial charge in [0.25, 0.3) is 0 Å². The molecule has 0 saturated heterocycles. The number of unbranched alkanes of at least 4 members (excludes halogenated alkanes) is 4. The van der Waals surface area contributed by atoms with Crippen LogP contribution in [0.15, 0.2) is 170 Å². The summed E-state index contributed by atoms with van der Waals surface area (Å²) in [4.78, 5) is 51.8. The van der Waals surface area contributed by atoms with Crippen LogP contribution in [0.25, 0.3) is 22.3 Å². The van der Waals surface area contributed by atoms with Gasteiger partial charge in [-0.15, -0.1) is 0 Å². The molecular formula is C56H50O8. The Kier molecular flexibility index (Phi) is 15.3. The predicted octanol–water partition coefficient (Wildman–Crippen LogP) is 13.4. The molecular weight excluding hydrogens is 801 g/mol. The minimum atomic E-state index is -0.658. The smallest absolute Gasteiger partial charge is 0.343 e. The first-order chi connectivity index (χ1) is 31.2. The van der Waals surface area contributed by atoms with E-state index < -0.39 is 23.9 Å². The summed E-state index contributed by atoms with van der Waals surface area (Å²) in [5.74, 6) is -1.51. The number of esters is 4. The monoisotopic (exact) mass is 850 g/mol. The van der Waals surface area contributed by atoms with Crippen molar-refractivity contribution >= 4 is 23.9 Å². The fourth-order valence-electron chi connectivity index (χ4n) is 7.07. The van der Waals surface area contributed by atoms with E-state index in [4.69, 9.17) is 18.9 Å². The molecule has 322 valence electrons. The normalized spacial score (nSPS) is 10.8. The Labute approximate surface area is 374 Å². The number of aryl methyl sites for hydroxylation is 2. The molecule has 0 aliphatic heterocycles. The SMILES string of the molecule is CCCCCc1ccc(-c2ccc(C(=O)Oc3ccc(C(=O)Oc4cccc(OC(=O)c5ccc(OC(=O)c6ccc(-c7ccc(CCCCC)cc7)cc6)cc5)c4)cc3)cc2)cc1. The third-order valence-corrected chi connectivity index (χ3v) is 10.8. The van der Waals surface area contributed by atoms with Crippen LogP contribution in [-0.4, -0.2) is 23.9 Å². The summed E-state index contributed by atoms with van der Waals surface area (Å²) in [6.45, 7) is 4.40. The molecule has 64 heavy (non-hydrogen) atoms. The summed E-state index contributed by atoms with van der Waals surface area (Å²) in [5, 5.41) is 0. The van der Waals surface area contributed by atoms with Crippen LogP contribution < -0.4 is 18.9 Å². The number of carbonyl (C=O) groups excluding carboxylic acids is 4. The largest absolute Gasteiger partial charge is 0.423 e. The lowest BCUT2D eigenvalue weighted by atomic mass is 10.0. The van der Waals surface area contributed by atoms with Gasteiger partial charge >= 0.3 is 23.9 Å². The molecule has 0 amide bonds. The highest BCUT2D eigenvalue weighted by atomic mass is 16.6. The molecule has 0 radical (unpaired) electrons. The molecule has 8 heteroatoms. The second kappa shape index (κ2) is 22.0. The minimum Gasteiger partial charge on any atom is -0.423 e. The topological polar surface area (TPSA) is 105 Å². The van der Waals surface area contributed by atoms with E-state index in [2.05, 4.69) is 62.4 Å². The lowest BCUT2D eigenvalue weighted by Crippen LogP contribution is -2.11. The Morgan fingerprint density at radius 2 is 0.609 bits per heavy atom. The molecule has 0 N–H and O–H groups in total. The molecule has 8 nitrogen and oxygen atoms in total. The van der Waals surface area contributed by atoms with Crippen LogP contribution in [0.1, 0.15) is 105 Å². The van der Waals surface area contributed by atoms with Crippen molar-refractivity contribution in [2.45, 2.75) is 65.2 Å². The number of ether oxygens (including phenoxy) is 4. The van der Waals surface area contributed by atoms with Gasteiger partial charge in [0.05, 0.1) is 22.3 Å². The van der Waals surface area contributed by atoms with Crippen molar-refractivity contribution in [1.29, 1.82) is 0 Å². The highest BCUT2D eigenvalue weighted by Crippen LogP contribution is 2.26.